The van der Waals surface area contributed by atoms with Gasteiger partial charge in [0, 0.05) is 18.1 Å². The second-order valence-corrected chi connectivity index (χ2v) is 5.52. The van der Waals surface area contributed by atoms with Gasteiger partial charge in [-0.3, -0.25) is 5.01 Å². The Morgan fingerprint density at radius 3 is 2.83 bits per heavy atom. The number of ether oxygens (including phenoxy) is 1. The van der Waals surface area contributed by atoms with Crippen LogP contribution in [0.3, 0.4) is 0 Å². The third-order valence-electron chi connectivity index (χ3n) is 3.25. The Balaban J connectivity index is 2.09. The molecule has 0 aliphatic carbocycles. The van der Waals surface area contributed by atoms with Crippen LogP contribution in [0.15, 0.2) is 33.8 Å². The van der Waals surface area contributed by atoms with Crippen LogP contribution in [0.4, 0.5) is 0 Å². The molecule has 1 aliphatic rings. The summed E-state index contributed by atoms with van der Waals surface area (Å²) in [4.78, 5) is 0. The van der Waals surface area contributed by atoms with Gasteiger partial charge < -0.3 is 4.74 Å². The third-order valence-corrected chi connectivity index (χ3v) is 3.77. The molecule has 1 saturated heterocycles. The van der Waals surface area contributed by atoms with Gasteiger partial charge in [-0.1, -0.05) is 28.1 Å². The minimum atomic E-state index is 0.431. The second kappa shape index (κ2) is 6.34. The van der Waals surface area contributed by atoms with E-state index in [2.05, 4.69) is 40.0 Å². The third kappa shape index (κ3) is 3.33. The molecule has 98 valence electrons. The summed E-state index contributed by atoms with van der Waals surface area (Å²) < 4.78 is 6.34. The van der Waals surface area contributed by atoms with E-state index >= 15 is 0 Å². The first-order valence-corrected chi connectivity index (χ1v) is 7.06. The zero-order chi connectivity index (χ0) is 13.0. The Morgan fingerprint density at radius 2 is 2.17 bits per heavy atom. The average Bonchev–Trinajstić information content (AvgIpc) is 2.78. The molecule has 0 unspecified atom stereocenters. The summed E-state index contributed by atoms with van der Waals surface area (Å²) in [6.45, 7) is 3.85. The molecule has 0 radical (unpaired) electrons. The van der Waals surface area contributed by atoms with Gasteiger partial charge in [-0.2, -0.15) is 5.10 Å². The molecule has 1 aromatic carbocycles. The van der Waals surface area contributed by atoms with E-state index in [0.29, 0.717) is 6.04 Å². The van der Waals surface area contributed by atoms with Crippen LogP contribution < -0.4 is 0 Å². The Morgan fingerprint density at radius 1 is 1.44 bits per heavy atom. The minimum absolute atomic E-state index is 0.431. The van der Waals surface area contributed by atoms with Crippen LogP contribution in [0.5, 0.6) is 0 Å². The molecule has 0 N–H and O–H groups in total. The molecule has 4 heteroatoms. The number of nitrogens with zero attached hydrogens (tertiary/aromatic N) is 2. The number of hydrogen-bond acceptors (Lipinski definition) is 3. The fourth-order valence-corrected chi connectivity index (χ4v) is 2.52. The summed E-state index contributed by atoms with van der Waals surface area (Å²) in [5, 5.41) is 6.90. The van der Waals surface area contributed by atoms with E-state index in [0.717, 1.165) is 23.3 Å². The molecule has 0 amide bonds. The van der Waals surface area contributed by atoms with E-state index in [-0.39, 0.29) is 0 Å². The normalized spacial score (nSPS) is 20.5. The van der Waals surface area contributed by atoms with Crippen molar-refractivity contribution in [1.82, 2.24) is 5.01 Å². The summed E-state index contributed by atoms with van der Waals surface area (Å²) >= 11 is 3.45. The molecule has 0 bridgehead atoms. The van der Waals surface area contributed by atoms with Crippen molar-refractivity contribution < 1.29 is 4.74 Å². The SMILES string of the molecule is COC[C@@H]1CCCN1/N=C(\C)c1ccc(Br)cc1. The van der Waals surface area contributed by atoms with Crippen LogP contribution in [0.25, 0.3) is 0 Å². The Bertz CT molecular complexity index is 416. The van der Waals surface area contributed by atoms with Crippen molar-refractivity contribution in [3.05, 3.63) is 34.3 Å². The van der Waals surface area contributed by atoms with Crippen molar-refractivity contribution in [2.75, 3.05) is 20.3 Å². The van der Waals surface area contributed by atoms with E-state index in [1.165, 1.54) is 18.4 Å². The van der Waals surface area contributed by atoms with Gasteiger partial charge in [0.15, 0.2) is 0 Å². The topological polar surface area (TPSA) is 24.8 Å². The number of halogens is 1. The molecule has 3 nitrogen and oxygen atoms in total. The van der Waals surface area contributed by atoms with Gasteiger partial charge in [0.05, 0.1) is 18.4 Å². The van der Waals surface area contributed by atoms with E-state index in [1.54, 1.807) is 7.11 Å². The molecule has 0 saturated carbocycles. The van der Waals surface area contributed by atoms with Gasteiger partial charge in [-0.25, -0.2) is 0 Å². The highest BCUT2D eigenvalue weighted by molar-refractivity contribution is 9.10. The van der Waals surface area contributed by atoms with Crippen molar-refractivity contribution >= 4 is 21.6 Å². The van der Waals surface area contributed by atoms with Gasteiger partial charge in [0.1, 0.15) is 0 Å². The standard InChI is InChI=1S/C14H19BrN2O/c1-11(12-5-7-13(15)8-6-12)16-17-9-3-4-14(17)10-18-2/h5-8,14H,3-4,9-10H2,1-2H3/b16-11+/t14-/m0/s1. The van der Waals surface area contributed by atoms with Gasteiger partial charge in [0.25, 0.3) is 0 Å². The summed E-state index contributed by atoms with van der Waals surface area (Å²) in [6.07, 6.45) is 2.37. The molecule has 0 aromatic heterocycles. The lowest BCUT2D eigenvalue weighted by molar-refractivity contribution is 0.118. The Hall–Kier alpha value is -0.870. The molecule has 1 aliphatic heterocycles. The first kappa shape index (κ1) is 13.6. The van der Waals surface area contributed by atoms with Crippen LogP contribution in [0, 0.1) is 0 Å². The summed E-state index contributed by atoms with van der Waals surface area (Å²) in [7, 11) is 1.75. The van der Waals surface area contributed by atoms with Gasteiger partial charge in [0.2, 0.25) is 0 Å². The molecular weight excluding hydrogens is 292 g/mol. The number of rotatable bonds is 4. The summed E-state index contributed by atoms with van der Waals surface area (Å²) in [5.74, 6) is 0. The van der Waals surface area contributed by atoms with Crippen LogP contribution in [-0.2, 0) is 4.74 Å². The molecular formula is C14H19BrN2O. The number of benzene rings is 1. The fraction of sp³-hybridized carbons (Fsp3) is 0.500. The highest BCUT2D eigenvalue weighted by atomic mass is 79.9. The number of methoxy groups -OCH3 is 1. The Kier molecular flexibility index (Phi) is 4.78. The second-order valence-electron chi connectivity index (χ2n) is 4.61. The first-order chi connectivity index (χ1) is 8.70. The number of hydrazone groups is 1. The van der Waals surface area contributed by atoms with E-state index in [4.69, 9.17) is 9.84 Å². The largest absolute Gasteiger partial charge is 0.382 e. The van der Waals surface area contributed by atoms with Gasteiger partial charge in [-0.15, -0.1) is 0 Å². The van der Waals surface area contributed by atoms with E-state index in [1.807, 2.05) is 12.1 Å². The number of hydrogen-bond donors (Lipinski definition) is 0. The van der Waals surface area contributed by atoms with Crippen LogP contribution in [-0.4, -0.2) is 37.0 Å². The maximum atomic E-state index is 5.24. The van der Waals surface area contributed by atoms with E-state index in [9.17, 15) is 0 Å². The Labute approximate surface area is 117 Å². The molecule has 1 aromatic rings. The predicted molar refractivity (Wildman–Crippen MR) is 78.0 cm³/mol. The summed E-state index contributed by atoms with van der Waals surface area (Å²) in [5.41, 5.74) is 2.23. The van der Waals surface area contributed by atoms with Gasteiger partial charge in [-0.05, 0) is 37.5 Å². The van der Waals surface area contributed by atoms with Crippen LogP contribution >= 0.6 is 15.9 Å². The highest BCUT2D eigenvalue weighted by Crippen LogP contribution is 2.19. The molecule has 1 fully saturated rings. The maximum absolute atomic E-state index is 5.24. The molecule has 1 atom stereocenters. The molecule has 0 spiro atoms. The zero-order valence-corrected chi connectivity index (χ0v) is 12.5. The smallest absolute Gasteiger partial charge is 0.0704 e. The van der Waals surface area contributed by atoms with Crippen LogP contribution in [0.1, 0.15) is 25.3 Å². The van der Waals surface area contributed by atoms with Crippen molar-refractivity contribution in [2.24, 2.45) is 5.10 Å². The van der Waals surface area contributed by atoms with Crippen molar-refractivity contribution in [3.8, 4) is 0 Å². The van der Waals surface area contributed by atoms with Crippen molar-refractivity contribution in [2.45, 2.75) is 25.8 Å². The zero-order valence-electron chi connectivity index (χ0n) is 10.9. The highest BCUT2D eigenvalue weighted by Gasteiger charge is 2.23. The lowest BCUT2D eigenvalue weighted by Gasteiger charge is -2.21. The van der Waals surface area contributed by atoms with Crippen LogP contribution in [0.2, 0.25) is 0 Å². The molecule has 18 heavy (non-hydrogen) atoms. The lowest BCUT2D eigenvalue weighted by atomic mass is 10.1. The average molecular weight is 311 g/mol. The maximum Gasteiger partial charge on any atom is 0.0704 e. The summed E-state index contributed by atoms with van der Waals surface area (Å²) in [6, 6.07) is 8.70. The first-order valence-electron chi connectivity index (χ1n) is 6.27. The predicted octanol–water partition coefficient (Wildman–Crippen LogP) is 3.28. The fourth-order valence-electron chi connectivity index (χ4n) is 2.26. The van der Waals surface area contributed by atoms with Crippen molar-refractivity contribution in [3.63, 3.8) is 0 Å². The minimum Gasteiger partial charge on any atom is -0.382 e. The molecule has 1 heterocycles. The van der Waals surface area contributed by atoms with Gasteiger partial charge >= 0.3 is 0 Å². The lowest BCUT2D eigenvalue weighted by Crippen LogP contribution is -2.29. The molecule has 2 rings (SSSR count). The monoisotopic (exact) mass is 310 g/mol. The quantitative estimate of drug-likeness (QED) is 0.797. The van der Waals surface area contributed by atoms with E-state index < -0.39 is 0 Å². The van der Waals surface area contributed by atoms with Crippen molar-refractivity contribution in [1.29, 1.82) is 0 Å².